The molecule has 5 heteroatoms. The first-order chi connectivity index (χ1) is 9.92. The van der Waals surface area contributed by atoms with Gasteiger partial charge < -0.3 is 10.2 Å². The Hall–Kier alpha value is -1.07. The lowest BCUT2D eigenvalue weighted by Gasteiger charge is -2.39. The van der Waals surface area contributed by atoms with Crippen LogP contribution in [0.1, 0.15) is 36.9 Å². The van der Waals surface area contributed by atoms with E-state index in [1.54, 1.807) is 7.05 Å². The molecule has 0 amide bonds. The zero-order valence-electron chi connectivity index (χ0n) is 12.6. The van der Waals surface area contributed by atoms with Crippen molar-refractivity contribution in [3.63, 3.8) is 0 Å². The largest absolute Gasteiger partial charge is 0.390 e. The molecule has 0 fully saturated rings. The summed E-state index contributed by atoms with van der Waals surface area (Å²) in [5.41, 5.74) is 2.54. The van der Waals surface area contributed by atoms with Crippen molar-refractivity contribution in [2.24, 2.45) is 0 Å². The lowest BCUT2D eigenvalue weighted by atomic mass is 9.83. The summed E-state index contributed by atoms with van der Waals surface area (Å²) in [6, 6.07) is 8.45. The van der Waals surface area contributed by atoms with Crippen molar-refractivity contribution < 1.29 is 13.2 Å². The number of benzene rings is 1. The van der Waals surface area contributed by atoms with Crippen LogP contribution in [0.25, 0.3) is 0 Å². The fourth-order valence-electron chi connectivity index (χ4n) is 3.15. The normalized spacial score (nSPS) is 22.4. The summed E-state index contributed by atoms with van der Waals surface area (Å²) in [7, 11) is 1.80. The minimum absolute atomic E-state index is 0.0538. The number of nitrogens with one attached hydrogen (secondary N) is 1. The molecule has 1 N–H and O–H groups in total. The molecule has 1 aromatic carbocycles. The van der Waals surface area contributed by atoms with Crippen LogP contribution in [0.2, 0.25) is 0 Å². The predicted molar refractivity (Wildman–Crippen MR) is 78.3 cm³/mol. The van der Waals surface area contributed by atoms with E-state index in [1.165, 1.54) is 11.1 Å². The predicted octanol–water partition coefficient (Wildman–Crippen LogP) is 3.54. The molecule has 0 bridgehead atoms. The standard InChI is InChI=1S/C16H23F3N2/c1-3-20-15-13-7-5-4-6-12(13)8-9-14(15)21(2)11-10-16(17,18)19/h4-7,14-15,20H,3,8-11H2,1-2H3. The maximum absolute atomic E-state index is 12.4. The number of nitrogens with zero attached hydrogens (tertiary/aromatic N) is 1. The molecule has 0 spiro atoms. The van der Waals surface area contributed by atoms with E-state index in [0.29, 0.717) is 0 Å². The van der Waals surface area contributed by atoms with Crippen LogP contribution in [0.15, 0.2) is 24.3 Å². The molecule has 0 radical (unpaired) electrons. The van der Waals surface area contributed by atoms with Crippen molar-refractivity contribution in [1.82, 2.24) is 10.2 Å². The summed E-state index contributed by atoms with van der Waals surface area (Å²) in [5, 5.41) is 3.45. The minimum atomic E-state index is -4.09. The topological polar surface area (TPSA) is 15.3 Å². The van der Waals surface area contributed by atoms with Crippen LogP contribution in [0.4, 0.5) is 13.2 Å². The van der Waals surface area contributed by atoms with Gasteiger partial charge in [-0.25, -0.2) is 0 Å². The third-order valence-corrected chi connectivity index (χ3v) is 4.22. The van der Waals surface area contributed by atoms with E-state index in [2.05, 4.69) is 17.4 Å². The maximum Gasteiger partial charge on any atom is 0.390 e. The fourth-order valence-corrected chi connectivity index (χ4v) is 3.15. The zero-order valence-corrected chi connectivity index (χ0v) is 12.6. The molecule has 1 aliphatic rings. The summed E-state index contributed by atoms with van der Waals surface area (Å²) in [6.07, 6.45) is -3.02. The van der Waals surface area contributed by atoms with E-state index in [0.717, 1.165) is 19.4 Å². The van der Waals surface area contributed by atoms with Gasteiger partial charge in [-0.1, -0.05) is 31.2 Å². The van der Waals surface area contributed by atoms with Crippen LogP contribution in [-0.4, -0.2) is 37.3 Å². The van der Waals surface area contributed by atoms with Gasteiger partial charge in [0.2, 0.25) is 0 Å². The van der Waals surface area contributed by atoms with Gasteiger partial charge in [-0.3, -0.25) is 0 Å². The van der Waals surface area contributed by atoms with Crippen molar-refractivity contribution in [2.75, 3.05) is 20.1 Å². The third kappa shape index (κ3) is 4.20. The van der Waals surface area contributed by atoms with Crippen LogP contribution in [0.5, 0.6) is 0 Å². The highest BCUT2D eigenvalue weighted by atomic mass is 19.4. The third-order valence-electron chi connectivity index (χ3n) is 4.22. The lowest BCUT2D eigenvalue weighted by Crippen LogP contribution is -2.46. The Bertz CT molecular complexity index is 459. The average molecular weight is 300 g/mol. The number of aryl methyl sites for hydroxylation is 1. The van der Waals surface area contributed by atoms with E-state index in [4.69, 9.17) is 0 Å². The Morgan fingerprint density at radius 2 is 2.00 bits per heavy atom. The number of halogens is 3. The molecule has 21 heavy (non-hydrogen) atoms. The van der Waals surface area contributed by atoms with E-state index >= 15 is 0 Å². The molecular weight excluding hydrogens is 277 g/mol. The van der Waals surface area contributed by atoms with Crippen molar-refractivity contribution in [3.8, 4) is 0 Å². The Labute approximate surface area is 124 Å². The molecule has 0 saturated carbocycles. The second-order valence-electron chi connectivity index (χ2n) is 5.69. The van der Waals surface area contributed by atoms with Crippen molar-refractivity contribution in [3.05, 3.63) is 35.4 Å². The number of rotatable bonds is 5. The molecule has 0 heterocycles. The Morgan fingerprint density at radius 3 is 2.67 bits per heavy atom. The van der Waals surface area contributed by atoms with Crippen molar-refractivity contribution in [2.45, 2.75) is 44.4 Å². The Morgan fingerprint density at radius 1 is 1.29 bits per heavy atom. The minimum Gasteiger partial charge on any atom is -0.309 e. The van der Waals surface area contributed by atoms with Gasteiger partial charge in [0.15, 0.2) is 0 Å². The number of hydrogen-bond acceptors (Lipinski definition) is 2. The number of hydrogen-bond donors (Lipinski definition) is 1. The van der Waals surface area contributed by atoms with Crippen molar-refractivity contribution in [1.29, 1.82) is 0 Å². The highest BCUT2D eigenvalue weighted by Crippen LogP contribution is 2.33. The second kappa shape index (κ2) is 6.79. The van der Waals surface area contributed by atoms with Gasteiger partial charge >= 0.3 is 6.18 Å². The number of likely N-dealkylation sites (N-methyl/N-ethyl adjacent to an activating group) is 2. The summed E-state index contributed by atoms with van der Waals surface area (Å²) in [6.45, 7) is 2.89. The van der Waals surface area contributed by atoms with Crippen LogP contribution < -0.4 is 5.32 Å². The number of fused-ring (bicyclic) bond motifs is 1. The van der Waals surface area contributed by atoms with Crippen LogP contribution >= 0.6 is 0 Å². The van der Waals surface area contributed by atoms with Crippen LogP contribution in [-0.2, 0) is 6.42 Å². The fraction of sp³-hybridized carbons (Fsp3) is 0.625. The first-order valence-corrected chi connectivity index (χ1v) is 7.50. The van der Waals surface area contributed by atoms with Gasteiger partial charge in [0, 0.05) is 18.6 Å². The van der Waals surface area contributed by atoms with Gasteiger partial charge in [-0.05, 0) is 37.6 Å². The summed E-state index contributed by atoms with van der Waals surface area (Å²) in [4.78, 5) is 1.86. The van der Waals surface area contributed by atoms with E-state index in [1.807, 2.05) is 24.0 Å². The van der Waals surface area contributed by atoms with E-state index in [-0.39, 0.29) is 18.6 Å². The molecule has 2 rings (SSSR count). The first kappa shape index (κ1) is 16.3. The van der Waals surface area contributed by atoms with Gasteiger partial charge in [0.1, 0.15) is 0 Å². The molecule has 0 aliphatic heterocycles. The second-order valence-corrected chi connectivity index (χ2v) is 5.69. The summed E-state index contributed by atoms with van der Waals surface area (Å²) < 4.78 is 37.3. The molecule has 1 aromatic rings. The molecule has 1 aliphatic carbocycles. The molecule has 118 valence electrons. The van der Waals surface area contributed by atoms with Crippen LogP contribution in [0, 0.1) is 0 Å². The molecule has 2 unspecified atom stereocenters. The maximum atomic E-state index is 12.4. The SMILES string of the molecule is CCNC1c2ccccc2CCC1N(C)CCC(F)(F)F. The quantitative estimate of drug-likeness (QED) is 0.895. The summed E-state index contributed by atoms with van der Waals surface area (Å²) in [5.74, 6) is 0. The Balaban J connectivity index is 2.12. The van der Waals surface area contributed by atoms with Gasteiger partial charge in [-0.15, -0.1) is 0 Å². The van der Waals surface area contributed by atoms with Gasteiger partial charge in [0.25, 0.3) is 0 Å². The smallest absolute Gasteiger partial charge is 0.309 e. The van der Waals surface area contributed by atoms with Gasteiger partial charge in [-0.2, -0.15) is 13.2 Å². The summed E-state index contributed by atoms with van der Waals surface area (Å²) >= 11 is 0. The molecule has 0 saturated heterocycles. The average Bonchev–Trinajstić information content (AvgIpc) is 2.44. The molecular formula is C16H23F3N2. The first-order valence-electron chi connectivity index (χ1n) is 7.50. The van der Waals surface area contributed by atoms with Crippen LogP contribution in [0.3, 0.4) is 0 Å². The molecule has 0 aromatic heterocycles. The highest BCUT2D eigenvalue weighted by molar-refractivity contribution is 5.34. The molecule has 2 atom stereocenters. The van der Waals surface area contributed by atoms with E-state index in [9.17, 15) is 13.2 Å². The Kier molecular flexibility index (Phi) is 5.27. The van der Waals surface area contributed by atoms with E-state index < -0.39 is 12.6 Å². The number of alkyl halides is 3. The highest BCUT2D eigenvalue weighted by Gasteiger charge is 2.34. The zero-order chi connectivity index (χ0) is 15.5. The lowest BCUT2D eigenvalue weighted by molar-refractivity contribution is -0.138. The monoisotopic (exact) mass is 300 g/mol. The van der Waals surface area contributed by atoms with Gasteiger partial charge in [0.05, 0.1) is 6.42 Å². The van der Waals surface area contributed by atoms with Crippen molar-refractivity contribution >= 4 is 0 Å². The molecule has 2 nitrogen and oxygen atoms in total.